The molecule has 0 amide bonds. The van der Waals surface area contributed by atoms with Crippen molar-refractivity contribution in [2.24, 2.45) is 0 Å². The van der Waals surface area contributed by atoms with Crippen LogP contribution < -0.4 is 0 Å². The molecule has 0 radical (unpaired) electrons. The highest BCUT2D eigenvalue weighted by atomic mass is 15.1. The van der Waals surface area contributed by atoms with Crippen LogP contribution in [0.5, 0.6) is 0 Å². The van der Waals surface area contributed by atoms with E-state index in [9.17, 15) is 0 Å². The highest BCUT2D eigenvalue weighted by molar-refractivity contribution is 6.24. The molecular weight excluding hydrogens is 875 g/mol. The van der Waals surface area contributed by atoms with Crippen LogP contribution in [0, 0.1) is 0 Å². The number of para-hydroxylation sites is 4. The third-order valence-electron chi connectivity index (χ3n) is 14.5. The second-order valence-electron chi connectivity index (χ2n) is 18.5. The zero-order valence-electron chi connectivity index (χ0n) is 39.5. The summed E-state index contributed by atoms with van der Waals surface area (Å²) in [6.07, 6.45) is 6.39. The Morgan fingerprint density at radius 1 is 0.403 bits per heavy atom. The van der Waals surface area contributed by atoms with Crippen molar-refractivity contribution in [1.29, 1.82) is 0 Å². The maximum absolute atomic E-state index is 5.51. The summed E-state index contributed by atoms with van der Waals surface area (Å²) >= 11 is 0. The molecule has 14 rings (SSSR count). The molecule has 4 aromatic heterocycles. The van der Waals surface area contributed by atoms with Gasteiger partial charge in [-0.25, -0.2) is 9.97 Å². The van der Waals surface area contributed by atoms with Gasteiger partial charge in [-0.1, -0.05) is 183 Å². The molecule has 0 unspecified atom stereocenters. The van der Waals surface area contributed by atoms with E-state index in [4.69, 9.17) is 9.97 Å². The van der Waals surface area contributed by atoms with Gasteiger partial charge in [0.2, 0.25) is 0 Å². The fraction of sp³-hybridized carbons (Fsp3) is 0.0149. The first kappa shape index (κ1) is 41.4. The zero-order chi connectivity index (χ0) is 47.9. The summed E-state index contributed by atoms with van der Waals surface area (Å²) in [7, 11) is 0. The first-order chi connectivity index (χ1) is 35.6. The smallest absolute Gasteiger partial charge is 0.165 e. The van der Waals surface area contributed by atoms with Crippen molar-refractivity contribution in [3.63, 3.8) is 0 Å². The Kier molecular flexibility index (Phi) is 9.51. The average Bonchev–Trinajstić information content (AvgIpc) is 4.07. The third-order valence-corrected chi connectivity index (χ3v) is 14.5. The lowest BCUT2D eigenvalue weighted by atomic mass is 10.00. The summed E-state index contributed by atoms with van der Waals surface area (Å²) in [4.78, 5) is 11.0. The molecule has 0 saturated heterocycles. The number of allylic oxidation sites excluding steroid dienone is 1. The van der Waals surface area contributed by atoms with Crippen molar-refractivity contribution in [2.45, 2.75) is 6.92 Å². The topological polar surface area (TPSA) is 40.6 Å². The zero-order valence-corrected chi connectivity index (χ0v) is 39.5. The fourth-order valence-corrected chi connectivity index (χ4v) is 11.4. The SMILES string of the molecule is C=Cc1c(/C=C\C)n(-c2ccc3c4ccccc4n(-c4nc5ccccc5nc4-c4cccc5ccccc45)c3c2)c2ccc3c(c4ccccc4n3-c3cccc(-c4ccc(-c5ccccc5)cc4)c3)c12. The van der Waals surface area contributed by atoms with Crippen LogP contribution in [-0.4, -0.2) is 23.7 Å². The maximum Gasteiger partial charge on any atom is 0.165 e. The Balaban J connectivity index is 0.996. The van der Waals surface area contributed by atoms with Crippen LogP contribution >= 0.6 is 0 Å². The van der Waals surface area contributed by atoms with Crippen LogP contribution in [0.4, 0.5) is 0 Å². The molecule has 0 N–H and O–H groups in total. The van der Waals surface area contributed by atoms with E-state index in [2.05, 4.69) is 252 Å². The fourth-order valence-electron chi connectivity index (χ4n) is 11.4. The second kappa shape index (κ2) is 16.5. The molecule has 0 spiro atoms. The third kappa shape index (κ3) is 6.34. The second-order valence-corrected chi connectivity index (χ2v) is 18.5. The van der Waals surface area contributed by atoms with Crippen LogP contribution in [0.15, 0.2) is 237 Å². The lowest BCUT2D eigenvalue weighted by molar-refractivity contribution is 1.07. The molecule has 0 bridgehead atoms. The van der Waals surface area contributed by atoms with Crippen LogP contribution in [0.25, 0.3) is 139 Å². The molecular formula is C67H45N5. The van der Waals surface area contributed by atoms with Gasteiger partial charge in [-0.3, -0.25) is 4.57 Å². The summed E-state index contributed by atoms with van der Waals surface area (Å²) in [6.45, 7) is 6.59. The first-order valence-electron chi connectivity index (χ1n) is 24.6. The average molecular weight is 920 g/mol. The van der Waals surface area contributed by atoms with E-state index in [0.29, 0.717) is 0 Å². The summed E-state index contributed by atoms with van der Waals surface area (Å²) in [5, 5.41) is 8.13. The van der Waals surface area contributed by atoms with E-state index in [-0.39, 0.29) is 0 Å². The number of hydrogen-bond acceptors (Lipinski definition) is 2. The molecule has 0 saturated carbocycles. The number of fused-ring (bicyclic) bond motifs is 10. The molecule has 72 heavy (non-hydrogen) atoms. The van der Waals surface area contributed by atoms with Gasteiger partial charge in [-0.15, -0.1) is 0 Å². The quantitative estimate of drug-likeness (QED) is 0.152. The van der Waals surface area contributed by atoms with Gasteiger partial charge < -0.3 is 9.13 Å². The summed E-state index contributed by atoms with van der Waals surface area (Å²) in [6, 6.07) is 80.5. The Hall–Kier alpha value is -9.58. The molecule has 0 aliphatic heterocycles. The van der Waals surface area contributed by atoms with Gasteiger partial charge in [0.05, 0.1) is 44.3 Å². The van der Waals surface area contributed by atoms with Gasteiger partial charge in [-0.05, 0) is 107 Å². The van der Waals surface area contributed by atoms with E-state index in [1.165, 1.54) is 33.0 Å². The lowest BCUT2D eigenvalue weighted by Crippen LogP contribution is -2.04. The van der Waals surface area contributed by atoms with Gasteiger partial charge >= 0.3 is 0 Å². The highest BCUT2D eigenvalue weighted by Gasteiger charge is 2.25. The number of hydrogen-bond donors (Lipinski definition) is 0. The largest absolute Gasteiger partial charge is 0.309 e. The van der Waals surface area contributed by atoms with Crippen molar-refractivity contribution in [3.05, 3.63) is 248 Å². The number of aromatic nitrogens is 5. The minimum atomic E-state index is 0.786. The molecule has 4 heterocycles. The highest BCUT2D eigenvalue weighted by Crippen LogP contribution is 2.44. The van der Waals surface area contributed by atoms with Gasteiger partial charge in [0.25, 0.3) is 0 Å². The van der Waals surface area contributed by atoms with E-state index < -0.39 is 0 Å². The first-order valence-corrected chi connectivity index (χ1v) is 24.6. The molecule has 14 aromatic rings. The van der Waals surface area contributed by atoms with Crippen LogP contribution in [0.2, 0.25) is 0 Å². The van der Waals surface area contributed by atoms with Crippen LogP contribution in [-0.2, 0) is 0 Å². The van der Waals surface area contributed by atoms with Gasteiger partial charge in [0, 0.05) is 49.4 Å². The Bertz CT molecular complexity index is 4520. The number of benzene rings is 10. The summed E-state index contributed by atoms with van der Waals surface area (Å²) in [5.41, 5.74) is 18.1. The molecule has 0 atom stereocenters. The van der Waals surface area contributed by atoms with E-state index in [1.807, 2.05) is 18.2 Å². The molecule has 5 nitrogen and oxygen atoms in total. The Morgan fingerprint density at radius 3 is 1.76 bits per heavy atom. The standard InChI is InChI=1S/C67H45N5/c1-3-18-58-50(4-2)64-61(39-40-62-65(64)55-27-11-15-32-60(55)70(62)48-24-16-23-47(41-48)45-35-33-44(34-36-45)43-19-6-5-7-20-43)71(58)49-37-38-53-52-26-10-14-31-59(52)72(63(53)42-49)67-66(68-56-29-12-13-30-57(56)69-67)54-28-17-22-46-21-8-9-25-51(46)54/h3-42H,2H2,1H3/b18-3-. The predicted molar refractivity (Wildman–Crippen MR) is 304 cm³/mol. The van der Waals surface area contributed by atoms with Gasteiger partial charge in [0.15, 0.2) is 5.82 Å². The van der Waals surface area contributed by atoms with Gasteiger partial charge in [0.1, 0.15) is 5.69 Å². The van der Waals surface area contributed by atoms with Crippen molar-refractivity contribution in [1.82, 2.24) is 23.7 Å². The predicted octanol–water partition coefficient (Wildman–Crippen LogP) is 17.6. The van der Waals surface area contributed by atoms with E-state index in [1.54, 1.807) is 0 Å². The van der Waals surface area contributed by atoms with Crippen molar-refractivity contribution >= 4 is 88.5 Å². The summed E-state index contributed by atoms with van der Waals surface area (Å²) in [5.74, 6) is 0.786. The molecule has 0 fully saturated rings. The maximum atomic E-state index is 5.51. The van der Waals surface area contributed by atoms with Crippen LogP contribution in [0.3, 0.4) is 0 Å². The summed E-state index contributed by atoms with van der Waals surface area (Å²) < 4.78 is 7.17. The minimum absolute atomic E-state index is 0.786. The Labute approximate surface area is 416 Å². The lowest BCUT2D eigenvalue weighted by Gasteiger charge is -2.16. The van der Waals surface area contributed by atoms with Crippen LogP contribution in [0.1, 0.15) is 18.2 Å². The minimum Gasteiger partial charge on any atom is -0.309 e. The molecule has 5 heteroatoms. The number of rotatable bonds is 8. The Morgan fingerprint density at radius 2 is 0.986 bits per heavy atom. The molecule has 338 valence electrons. The molecule has 0 aliphatic carbocycles. The van der Waals surface area contributed by atoms with Crippen molar-refractivity contribution in [3.8, 4) is 50.7 Å². The van der Waals surface area contributed by atoms with Crippen molar-refractivity contribution in [2.75, 3.05) is 0 Å². The molecule has 10 aromatic carbocycles. The monoisotopic (exact) mass is 919 g/mol. The van der Waals surface area contributed by atoms with E-state index >= 15 is 0 Å². The van der Waals surface area contributed by atoms with E-state index in [0.717, 1.165) is 105 Å². The van der Waals surface area contributed by atoms with Gasteiger partial charge in [-0.2, -0.15) is 0 Å². The van der Waals surface area contributed by atoms with Crippen molar-refractivity contribution < 1.29 is 0 Å². The normalized spacial score (nSPS) is 12.0. The molecule has 0 aliphatic rings. The number of nitrogens with zero attached hydrogens (tertiary/aromatic N) is 5.